The maximum absolute atomic E-state index is 11.4. The molecule has 8 heteroatoms. The monoisotopic (exact) mass is 320 g/mol. The van der Waals surface area contributed by atoms with E-state index in [9.17, 15) is 10.1 Å². The lowest BCUT2D eigenvalue weighted by molar-refractivity contribution is -0.385. The lowest BCUT2D eigenvalue weighted by Gasteiger charge is -2.25. The second-order valence-corrected chi connectivity index (χ2v) is 6.43. The molecule has 8 nitrogen and oxygen atoms in total. The lowest BCUT2D eigenvalue weighted by Crippen LogP contribution is -2.36. The zero-order valence-corrected chi connectivity index (χ0v) is 13.3. The number of nitrogens with one attached hydrogen (secondary N) is 2. The molecular weight excluding hydrogens is 296 g/mol. The Balaban J connectivity index is 1.88. The van der Waals surface area contributed by atoms with E-state index in [2.05, 4.69) is 20.6 Å². The van der Waals surface area contributed by atoms with Crippen molar-refractivity contribution >= 4 is 17.5 Å². The number of nitrogens with zero attached hydrogens (tertiary/aromatic N) is 3. The van der Waals surface area contributed by atoms with Gasteiger partial charge in [-0.1, -0.05) is 19.3 Å². The SMILES string of the molecule is Nc1nc(NC2CCNCC2)nc(C2CCCCC2)c1[N+](=O)[O-]. The molecule has 4 N–H and O–H groups in total. The number of piperidine rings is 1. The summed E-state index contributed by atoms with van der Waals surface area (Å²) in [6.45, 7) is 1.91. The molecule has 1 saturated carbocycles. The van der Waals surface area contributed by atoms with Gasteiger partial charge in [0.05, 0.1) is 4.92 Å². The van der Waals surface area contributed by atoms with Crippen molar-refractivity contribution in [2.45, 2.75) is 56.9 Å². The topological polar surface area (TPSA) is 119 Å². The average molecular weight is 320 g/mol. The Labute approximate surface area is 135 Å². The van der Waals surface area contributed by atoms with E-state index in [1.54, 1.807) is 0 Å². The van der Waals surface area contributed by atoms with Crippen LogP contribution in [0.5, 0.6) is 0 Å². The lowest BCUT2D eigenvalue weighted by atomic mass is 9.86. The van der Waals surface area contributed by atoms with E-state index in [0.29, 0.717) is 11.6 Å². The Morgan fingerprint density at radius 2 is 1.83 bits per heavy atom. The number of hydrogen-bond donors (Lipinski definition) is 3. The Morgan fingerprint density at radius 1 is 1.13 bits per heavy atom. The van der Waals surface area contributed by atoms with Crippen molar-refractivity contribution in [2.75, 3.05) is 24.1 Å². The molecule has 0 aromatic carbocycles. The van der Waals surface area contributed by atoms with Crippen molar-refractivity contribution in [1.29, 1.82) is 0 Å². The minimum atomic E-state index is -0.437. The number of rotatable bonds is 4. The summed E-state index contributed by atoms with van der Waals surface area (Å²) in [6, 6.07) is 0.288. The summed E-state index contributed by atoms with van der Waals surface area (Å²) < 4.78 is 0. The van der Waals surface area contributed by atoms with Crippen LogP contribution in [-0.4, -0.2) is 34.0 Å². The number of nitrogen functional groups attached to an aromatic ring is 1. The van der Waals surface area contributed by atoms with Crippen LogP contribution in [0.25, 0.3) is 0 Å². The summed E-state index contributed by atoms with van der Waals surface area (Å²) in [5, 5.41) is 18.0. The summed E-state index contributed by atoms with van der Waals surface area (Å²) in [7, 11) is 0. The maximum Gasteiger partial charge on any atom is 0.332 e. The van der Waals surface area contributed by atoms with Gasteiger partial charge in [0.15, 0.2) is 0 Å². The van der Waals surface area contributed by atoms with Gasteiger partial charge in [-0.25, -0.2) is 4.98 Å². The third-order valence-electron chi connectivity index (χ3n) is 4.78. The van der Waals surface area contributed by atoms with E-state index in [-0.39, 0.29) is 23.5 Å². The van der Waals surface area contributed by atoms with E-state index in [0.717, 1.165) is 51.6 Å². The van der Waals surface area contributed by atoms with Crippen LogP contribution in [0.1, 0.15) is 56.6 Å². The molecule has 0 unspecified atom stereocenters. The highest BCUT2D eigenvalue weighted by Crippen LogP contribution is 2.38. The first kappa shape index (κ1) is 15.9. The van der Waals surface area contributed by atoms with Crippen LogP contribution in [-0.2, 0) is 0 Å². The fraction of sp³-hybridized carbons (Fsp3) is 0.733. The zero-order valence-electron chi connectivity index (χ0n) is 13.3. The van der Waals surface area contributed by atoms with E-state index >= 15 is 0 Å². The van der Waals surface area contributed by atoms with E-state index in [1.807, 2.05) is 0 Å². The predicted octanol–water partition coefficient (Wildman–Crippen LogP) is 2.18. The standard InChI is InChI=1S/C15H24N6O2/c16-14-13(21(22)23)12(10-4-2-1-3-5-10)19-15(20-14)18-11-6-8-17-9-7-11/h10-11,17H,1-9H2,(H3,16,18,19,20). The molecule has 23 heavy (non-hydrogen) atoms. The van der Waals surface area contributed by atoms with Gasteiger partial charge in [-0.2, -0.15) is 4.98 Å². The molecule has 126 valence electrons. The highest BCUT2D eigenvalue weighted by atomic mass is 16.6. The Hall–Kier alpha value is -1.96. The minimum Gasteiger partial charge on any atom is -0.378 e. The number of aromatic nitrogens is 2. The fourth-order valence-corrected chi connectivity index (χ4v) is 3.55. The van der Waals surface area contributed by atoms with Crippen LogP contribution in [0, 0.1) is 10.1 Å². The summed E-state index contributed by atoms with van der Waals surface area (Å²) >= 11 is 0. The second kappa shape index (κ2) is 7.08. The largest absolute Gasteiger partial charge is 0.378 e. The summed E-state index contributed by atoms with van der Waals surface area (Å²) in [6.07, 6.45) is 7.20. The van der Waals surface area contributed by atoms with Crippen LogP contribution >= 0.6 is 0 Å². The molecule has 3 rings (SSSR count). The molecule has 2 heterocycles. The molecule has 2 aliphatic rings. The van der Waals surface area contributed by atoms with Crippen molar-refractivity contribution in [3.8, 4) is 0 Å². The van der Waals surface area contributed by atoms with Crippen LogP contribution in [0.15, 0.2) is 0 Å². The van der Waals surface area contributed by atoms with Crippen molar-refractivity contribution in [1.82, 2.24) is 15.3 Å². The van der Waals surface area contributed by atoms with Gasteiger partial charge >= 0.3 is 5.69 Å². The van der Waals surface area contributed by atoms with Crippen LogP contribution in [0.3, 0.4) is 0 Å². The summed E-state index contributed by atoms with van der Waals surface area (Å²) in [5.74, 6) is 0.519. The van der Waals surface area contributed by atoms with E-state index < -0.39 is 4.92 Å². The zero-order chi connectivity index (χ0) is 16.2. The smallest absolute Gasteiger partial charge is 0.332 e. The highest BCUT2D eigenvalue weighted by Gasteiger charge is 2.30. The predicted molar refractivity (Wildman–Crippen MR) is 88.4 cm³/mol. The van der Waals surface area contributed by atoms with Gasteiger partial charge in [-0.15, -0.1) is 0 Å². The first-order valence-corrected chi connectivity index (χ1v) is 8.44. The summed E-state index contributed by atoms with van der Waals surface area (Å²) in [5.41, 5.74) is 6.30. The van der Waals surface area contributed by atoms with Gasteiger partial charge in [0.1, 0.15) is 5.69 Å². The highest BCUT2D eigenvalue weighted by molar-refractivity contribution is 5.59. The number of hydrogen-bond acceptors (Lipinski definition) is 7. The van der Waals surface area contributed by atoms with Gasteiger partial charge in [-0.3, -0.25) is 10.1 Å². The van der Waals surface area contributed by atoms with Gasteiger partial charge < -0.3 is 16.4 Å². The average Bonchev–Trinajstić information content (AvgIpc) is 2.55. The molecule has 0 spiro atoms. The first-order chi connectivity index (χ1) is 11.1. The first-order valence-electron chi connectivity index (χ1n) is 8.44. The van der Waals surface area contributed by atoms with Crippen molar-refractivity contribution in [3.63, 3.8) is 0 Å². The third-order valence-corrected chi connectivity index (χ3v) is 4.78. The van der Waals surface area contributed by atoms with Crippen LogP contribution in [0.4, 0.5) is 17.5 Å². The van der Waals surface area contributed by atoms with Gasteiger partial charge in [0, 0.05) is 12.0 Å². The van der Waals surface area contributed by atoms with Gasteiger partial charge in [-0.05, 0) is 38.8 Å². The number of nitro groups is 1. The maximum atomic E-state index is 11.4. The molecule has 0 radical (unpaired) electrons. The fourth-order valence-electron chi connectivity index (χ4n) is 3.55. The molecule has 0 amide bonds. The molecule has 1 aromatic heterocycles. The molecule has 0 bridgehead atoms. The van der Waals surface area contributed by atoms with Crippen LogP contribution in [0.2, 0.25) is 0 Å². The molecule has 0 atom stereocenters. The number of anilines is 2. The Bertz CT molecular complexity index is 567. The molecule has 1 saturated heterocycles. The number of nitrogens with two attached hydrogens (primary N) is 1. The van der Waals surface area contributed by atoms with Gasteiger partial charge in [0.2, 0.25) is 11.8 Å². The molecular formula is C15H24N6O2. The van der Waals surface area contributed by atoms with Crippen molar-refractivity contribution < 1.29 is 4.92 Å². The molecule has 2 fully saturated rings. The third kappa shape index (κ3) is 3.69. The quantitative estimate of drug-likeness (QED) is 0.574. The normalized spacial score (nSPS) is 20.3. The molecule has 1 aliphatic carbocycles. The Kier molecular flexibility index (Phi) is 4.90. The Morgan fingerprint density at radius 3 is 2.48 bits per heavy atom. The molecule has 1 aliphatic heterocycles. The van der Waals surface area contributed by atoms with Crippen LogP contribution < -0.4 is 16.4 Å². The molecule has 1 aromatic rings. The van der Waals surface area contributed by atoms with E-state index in [1.165, 1.54) is 6.42 Å². The minimum absolute atomic E-state index is 0.0259. The second-order valence-electron chi connectivity index (χ2n) is 6.43. The van der Waals surface area contributed by atoms with Gasteiger partial charge in [0.25, 0.3) is 0 Å². The van der Waals surface area contributed by atoms with Crippen molar-refractivity contribution in [3.05, 3.63) is 15.8 Å². The summed E-state index contributed by atoms with van der Waals surface area (Å²) in [4.78, 5) is 19.6. The van der Waals surface area contributed by atoms with Crippen molar-refractivity contribution in [2.24, 2.45) is 0 Å². The van der Waals surface area contributed by atoms with E-state index in [4.69, 9.17) is 5.73 Å².